The van der Waals surface area contributed by atoms with Gasteiger partial charge in [0.2, 0.25) is 5.78 Å². The fraction of sp³-hybridized carbons (Fsp3) is 0.500. The fourth-order valence-corrected chi connectivity index (χ4v) is 1.35. The molecular weight excluding hydrogens is 208 g/mol. The Morgan fingerprint density at radius 2 is 1.85 bits per heavy atom. The van der Waals surface area contributed by atoms with Gasteiger partial charge in [-0.2, -0.15) is 0 Å². The Morgan fingerprint density at radius 1 is 1.38 bits per heavy atom. The molecule has 72 valence electrons. The molecule has 0 saturated carbocycles. The molecule has 0 radical (unpaired) electrons. The van der Waals surface area contributed by atoms with Gasteiger partial charge in [0.25, 0.3) is 0 Å². The van der Waals surface area contributed by atoms with E-state index in [0.717, 1.165) is 17.7 Å². The largest absolute Gasteiger partial charge is 0.357 e. The lowest BCUT2D eigenvalue weighted by molar-refractivity contribution is -0.142. The number of hydrogen-bond donors (Lipinski definition) is 0. The molecule has 0 spiro atoms. The van der Waals surface area contributed by atoms with Crippen molar-refractivity contribution in [3.8, 4) is 0 Å². The van der Waals surface area contributed by atoms with Crippen LogP contribution in [0.3, 0.4) is 0 Å². The van der Waals surface area contributed by atoms with E-state index < -0.39 is 17.2 Å². The number of carbonyl (C=O) groups is 2. The van der Waals surface area contributed by atoms with Crippen LogP contribution in [0.15, 0.2) is 0 Å². The third-order valence-corrected chi connectivity index (χ3v) is 2.11. The zero-order chi connectivity index (χ0) is 10.5. The lowest BCUT2D eigenvalue weighted by Gasteiger charge is -2.21. The molecule has 0 amide bonds. The Kier molecular flexibility index (Phi) is 5.05. The van der Waals surface area contributed by atoms with Crippen LogP contribution in [0, 0.1) is 0 Å². The number of rotatable bonds is 6. The van der Waals surface area contributed by atoms with Gasteiger partial charge in [-0.15, -0.1) is 0 Å². The number of carbonyl (C=O) groups excluding carboxylic acids is 2. The Bertz CT molecular complexity index is 240. The standard InChI is InChI=1S/C8H10O3S2/c1-3-11-8(4-12,5-13)7(10)6(2)9/h4-5H,3H2,1-2H3. The second kappa shape index (κ2) is 5.26. The quantitative estimate of drug-likeness (QED) is 0.490. The molecule has 0 fully saturated rings. The molecule has 0 aliphatic heterocycles. The lowest BCUT2D eigenvalue weighted by atomic mass is 10.0. The van der Waals surface area contributed by atoms with Crippen LogP contribution in [0.5, 0.6) is 0 Å². The average Bonchev–Trinajstić information content (AvgIpc) is 2.13. The van der Waals surface area contributed by atoms with Crippen molar-refractivity contribution in [1.82, 2.24) is 0 Å². The van der Waals surface area contributed by atoms with Crippen LogP contribution in [0.4, 0.5) is 0 Å². The molecule has 13 heavy (non-hydrogen) atoms. The third kappa shape index (κ3) is 2.72. The smallest absolute Gasteiger partial charge is 0.239 e. The highest BCUT2D eigenvalue weighted by Gasteiger charge is 2.37. The van der Waals surface area contributed by atoms with Gasteiger partial charge in [-0.05, 0) is 6.92 Å². The molecule has 0 bridgehead atoms. The van der Waals surface area contributed by atoms with Crippen LogP contribution in [0.1, 0.15) is 13.8 Å². The average molecular weight is 218 g/mol. The summed E-state index contributed by atoms with van der Waals surface area (Å²) in [6.07, 6.45) is 0. The van der Waals surface area contributed by atoms with Gasteiger partial charge in [0, 0.05) is 24.3 Å². The summed E-state index contributed by atoms with van der Waals surface area (Å²) in [5, 5.41) is 2.15. The summed E-state index contributed by atoms with van der Waals surface area (Å²) in [5.74, 6) is -1.34. The zero-order valence-corrected chi connectivity index (χ0v) is 9.04. The van der Waals surface area contributed by atoms with Crippen LogP contribution >= 0.6 is 24.4 Å². The lowest BCUT2D eigenvalue weighted by Crippen LogP contribution is -2.47. The van der Waals surface area contributed by atoms with Gasteiger partial charge < -0.3 is 4.74 Å². The van der Waals surface area contributed by atoms with E-state index in [9.17, 15) is 9.59 Å². The summed E-state index contributed by atoms with van der Waals surface area (Å²) < 4.78 is 5.06. The Hall–Kier alpha value is -0.520. The van der Waals surface area contributed by atoms with Crippen LogP contribution in [0.25, 0.3) is 0 Å². The summed E-state index contributed by atoms with van der Waals surface area (Å²) in [4.78, 5) is 22.2. The van der Waals surface area contributed by atoms with E-state index >= 15 is 0 Å². The minimum Gasteiger partial charge on any atom is -0.357 e. The maximum Gasteiger partial charge on any atom is 0.239 e. The first-order valence-electron chi connectivity index (χ1n) is 3.66. The first-order valence-corrected chi connectivity index (χ1v) is 4.60. The number of hydrogen-bond acceptors (Lipinski definition) is 5. The first kappa shape index (κ1) is 12.5. The van der Waals surface area contributed by atoms with Gasteiger partial charge >= 0.3 is 0 Å². The molecule has 0 N–H and O–H groups in total. The highest BCUT2D eigenvalue weighted by atomic mass is 32.1. The van der Waals surface area contributed by atoms with Crippen LogP contribution in [-0.4, -0.2) is 34.5 Å². The van der Waals surface area contributed by atoms with Gasteiger partial charge in [-0.3, -0.25) is 9.59 Å². The number of ketones is 2. The monoisotopic (exact) mass is 218 g/mol. The molecule has 0 aliphatic carbocycles. The van der Waals surface area contributed by atoms with Crippen molar-refractivity contribution < 1.29 is 14.3 Å². The van der Waals surface area contributed by atoms with Gasteiger partial charge in [-0.25, -0.2) is 0 Å². The van der Waals surface area contributed by atoms with Crippen LogP contribution in [0.2, 0.25) is 0 Å². The van der Waals surface area contributed by atoms with E-state index in [-0.39, 0.29) is 6.61 Å². The van der Waals surface area contributed by atoms with E-state index in [1.807, 2.05) is 0 Å². The molecule has 0 heterocycles. The van der Waals surface area contributed by atoms with Crippen molar-refractivity contribution in [2.24, 2.45) is 0 Å². The molecule has 0 unspecified atom stereocenters. The number of thiocarbonyl (C=S) groups is 2. The van der Waals surface area contributed by atoms with Gasteiger partial charge in [0.15, 0.2) is 11.4 Å². The normalized spacial score (nSPS) is 10.6. The van der Waals surface area contributed by atoms with Crippen molar-refractivity contribution >= 4 is 46.7 Å². The minimum atomic E-state index is -1.49. The van der Waals surface area contributed by atoms with E-state index in [2.05, 4.69) is 24.4 Å². The van der Waals surface area contributed by atoms with Crippen molar-refractivity contribution in [1.29, 1.82) is 0 Å². The van der Waals surface area contributed by atoms with E-state index in [1.54, 1.807) is 6.92 Å². The van der Waals surface area contributed by atoms with E-state index in [1.165, 1.54) is 0 Å². The molecule has 0 atom stereocenters. The Labute approximate surface area is 87.4 Å². The molecule has 3 nitrogen and oxygen atoms in total. The third-order valence-electron chi connectivity index (χ3n) is 1.41. The van der Waals surface area contributed by atoms with Crippen molar-refractivity contribution in [2.75, 3.05) is 6.61 Å². The van der Waals surface area contributed by atoms with Crippen LogP contribution in [-0.2, 0) is 14.3 Å². The van der Waals surface area contributed by atoms with Crippen molar-refractivity contribution in [3.63, 3.8) is 0 Å². The summed E-state index contributed by atoms with van der Waals surface area (Å²) >= 11 is 9.25. The second-order valence-corrected chi connectivity index (χ2v) is 2.82. The summed E-state index contributed by atoms with van der Waals surface area (Å²) in [5.41, 5.74) is -1.49. The van der Waals surface area contributed by atoms with E-state index in [0.29, 0.717) is 0 Å². The zero-order valence-electron chi connectivity index (χ0n) is 7.40. The Balaban J connectivity index is 4.96. The topological polar surface area (TPSA) is 43.4 Å². The highest BCUT2D eigenvalue weighted by Crippen LogP contribution is 2.09. The summed E-state index contributed by atoms with van der Waals surface area (Å²) in [6.45, 7) is 3.12. The highest BCUT2D eigenvalue weighted by molar-refractivity contribution is 7.81. The summed E-state index contributed by atoms with van der Waals surface area (Å²) in [7, 11) is 0. The fourth-order valence-electron chi connectivity index (χ4n) is 0.782. The van der Waals surface area contributed by atoms with E-state index in [4.69, 9.17) is 4.74 Å². The Morgan fingerprint density at radius 3 is 2.08 bits per heavy atom. The van der Waals surface area contributed by atoms with Crippen molar-refractivity contribution in [2.45, 2.75) is 19.4 Å². The second-order valence-electron chi connectivity index (χ2n) is 2.35. The van der Waals surface area contributed by atoms with Gasteiger partial charge in [-0.1, -0.05) is 24.4 Å². The predicted molar refractivity (Wildman–Crippen MR) is 57.4 cm³/mol. The first-order chi connectivity index (χ1) is 6.04. The molecule has 5 heteroatoms. The molecule has 0 rings (SSSR count). The maximum atomic E-state index is 11.3. The van der Waals surface area contributed by atoms with Gasteiger partial charge in [0.1, 0.15) is 0 Å². The van der Waals surface area contributed by atoms with Crippen molar-refractivity contribution in [3.05, 3.63) is 0 Å². The number of Topliss-reactive ketones (excluding diaryl/α,β-unsaturated/α-hetero) is 2. The molecule has 0 saturated heterocycles. The SMILES string of the molecule is CCOC(C=S)(C=S)C(=O)C(C)=O. The predicted octanol–water partition coefficient (Wildman–Crippen LogP) is 0.919. The molecule has 0 aromatic carbocycles. The number of ether oxygens (including phenoxy) is 1. The van der Waals surface area contributed by atoms with Gasteiger partial charge in [0.05, 0.1) is 0 Å². The summed E-state index contributed by atoms with van der Waals surface area (Å²) in [6, 6.07) is 0. The molecule has 0 aliphatic rings. The maximum absolute atomic E-state index is 11.3. The molecular formula is C8H10O3S2. The van der Waals surface area contributed by atoms with Crippen LogP contribution < -0.4 is 0 Å². The molecule has 0 aromatic heterocycles. The minimum absolute atomic E-state index is 0.263. The molecule has 0 aromatic rings.